The van der Waals surface area contributed by atoms with E-state index >= 15 is 0 Å². The van der Waals surface area contributed by atoms with E-state index < -0.39 is 0 Å². The van der Waals surface area contributed by atoms with Gasteiger partial charge < -0.3 is 14.4 Å². The van der Waals surface area contributed by atoms with Crippen LogP contribution in [0.3, 0.4) is 0 Å². The minimum Gasteiger partial charge on any atom is -0.497 e. The smallest absolute Gasteiger partial charge is 0.219 e. The molecule has 1 fully saturated rings. The van der Waals surface area contributed by atoms with Crippen LogP contribution in [0, 0.1) is 17.3 Å². The van der Waals surface area contributed by atoms with E-state index in [1.54, 1.807) is 14.0 Å². The maximum atomic E-state index is 12.4. The minimum atomic E-state index is 0.146. The highest BCUT2D eigenvalue weighted by molar-refractivity contribution is 5.73. The molecule has 4 nitrogen and oxygen atoms in total. The highest BCUT2D eigenvalue weighted by Gasteiger charge is 2.38. The number of hydrogen-bond donors (Lipinski definition) is 0. The molecule has 0 N–H and O–H groups in total. The van der Waals surface area contributed by atoms with Gasteiger partial charge in [-0.15, -0.1) is 0 Å². The summed E-state index contributed by atoms with van der Waals surface area (Å²) in [7, 11) is 1.67. The van der Waals surface area contributed by atoms with Crippen LogP contribution in [0.4, 0.5) is 0 Å². The van der Waals surface area contributed by atoms with Gasteiger partial charge in [-0.1, -0.05) is 46.2 Å². The summed E-state index contributed by atoms with van der Waals surface area (Å²) in [4.78, 5) is 14.4. The van der Waals surface area contributed by atoms with Gasteiger partial charge in [0.2, 0.25) is 5.91 Å². The molecule has 0 radical (unpaired) electrons. The zero-order chi connectivity index (χ0) is 21.4. The van der Waals surface area contributed by atoms with Crippen molar-refractivity contribution in [2.24, 2.45) is 17.3 Å². The first-order valence-corrected chi connectivity index (χ1v) is 11.2. The van der Waals surface area contributed by atoms with Gasteiger partial charge in [0.15, 0.2) is 0 Å². The average molecular weight is 404 g/mol. The van der Waals surface area contributed by atoms with Gasteiger partial charge >= 0.3 is 0 Å². The molecule has 1 heterocycles. The molecule has 1 aromatic rings. The maximum absolute atomic E-state index is 12.4. The number of hydrogen-bond acceptors (Lipinski definition) is 3. The minimum absolute atomic E-state index is 0.146. The molecule has 1 saturated heterocycles. The normalized spacial score (nSPS) is 22.1. The fourth-order valence-electron chi connectivity index (χ4n) is 4.29. The molecule has 1 amide bonds. The molecule has 1 aromatic carbocycles. The summed E-state index contributed by atoms with van der Waals surface area (Å²) in [5.74, 6) is 2.23. The Labute approximate surface area is 178 Å². The van der Waals surface area contributed by atoms with Crippen LogP contribution in [0.15, 0.2) is 24.3 Å². The van der Waals surface area contributed by atoms with Crippen LogP contribution in [0.25, 0.3) is 0 Å². The van der Waals surface area contributed by atoms with Crippen LogP contribution in [0.2, 0.25) is 0 Å². The molecule has 1 aliphatic rings. The Morgan fingerprint density at radius 3 is 2.45 bits per heavy atom. The predicted octanol–water partition coefficient (Wildman–Crippen LogP) is 5.69. The van der Waals surface area contributed by atoms with E-state index in [4.69, 9.17) is 9.47 Å². The number of nitrogens with zero attached hydrogens (tertiary/aromatic N) is 1. The van der Waals surface area contributed by atoms with Gasteiger partial charge in [0.1, 0.15) is 5.75 Å². The maximum Gasteiger partial charge on any atom is 0.219 e. The van der Waals surface area contributed by atoms with Crippen LogP contribution in [0.1, 0.15) is 72.3 Å². The molecule has 0 aromatic heterocycles. The second-order valence-corrected chi connectivity index (χ2v) is 9.58. The van der Waals surface area contributed by atoms with Crippen molar-refractivity contribution in [2.75, 3.05) is 20.3 Å². The monoisotopic (exact) mass is 403 g/mol. The molecule has 4 heteroatoms. The van der Waals surface area contributed by atoms with E-state index in [1.807, 2.05) is 29.2 Å². The fraction of sp³-hybridized carbons (Fsp3) is 0.720. The van der Waals surface area contributed by atoms with Crippen LogP contribution in [-0.2, 0) is 16.1 Å². The van der Waals surface area contributed by atoms with Crippen LogP contribution >= 0.6 is 0 Å². The van der Waals surface area contributed by atoms with Crippen molar-refractivity contribution in [3.05, 3.63) is 29.8 Å². The lowest BCUT2D eigenvalue weighted by molar-refractivity contribution is -0.130. The molecule has 2 unspecified atom stereocenters. The third-order valence-electron chi connectivity index (χ3n) is 6.48. The second-order valence-electron chi connectivity index (χ2n) is 9.58. The standard InChI is InChI=1S/C25H41NO3/c1-19(2)11-12-25(14-16-29-24(17-25)20(3)4)13-15-26(21(5)27)18-22-7-9-23(28-6)10-8-22/h7-10,19-20,24H,11-18H2,1-6H3. The van der Waals surface area contributed by atoms with E-state index in [0.717, 1.165) is 43.7 Å². The Hall–Kier alpha value is -1.55. The molecule has 1 aliphatic heterocycles. The van der Waals surface area contributed by atoms with Crippen molar-refractivity contribution in [2.45, 2.75) is 79.4 Å². The van der Waals surface area contributed by atoms with E-state index in [1.165, 1.54) is 12.8 Å². The molecule has 0 aliphatic carbocycles. The van der Waals surface area contributed by atoms with Gasteiger partial charge in [0.05, 0.1) is 13.2 Å². The molecular formula is C25H41NO3. The molecular weight excluding hydrogens is 362 g/mol. The molecule has 0 bridgehead atoms. The molecule has 0 saturated carbocycles. The van der Waals surface area contributed by atoms with E-state index in [0.29, 0.717) is 24.5 Å². The Morgan fingerprint density at radius 1 is 1.21 bits per heavy atom. The van der Waals surface area contributed by atoms with Crippen LogP contribution in [0.5, 0.6) is 5.75 Å². The van der Waals surface area contributed by atoms with Gasteiger partial charge in [-0.2, -0.15) is 0 Å². The summed E-state index contributed by atoms with van der Waals surface area (Å²) >= 11 is 0. The van der Waals surface area contributed by atoms with Crippen molar-refractivity contribution < 1.29 is 14.3 Å². The number of benzene rings is 1. The van der Waals surface area contributed by atoms with Gasteiger partial charge in [-0.3, -0.25) is 4.79 Å². The summed E-state index contributed by atoms with van der Waals surface area (Å²) in [5.41, 5.74) is 1.43. The van der Waals surface area contributed by atoms with E-state index in [9.17, 15) is 4.79 Å². The van der Waals surface area contributed by atoms with Crippen molar-refractivity contribution in [3.63, 3.8) is 0 Å². The largest absolute Gasteiger partial charge is 0.497 e. The second kappa shape index (κ2) is 11.0. The fourth-order valence-corrected chi connectivity index (χ4v) is 4.29. The quantitative estimate of drug-likeness (QED) is 0.504. The summed E-state index contributed by atoms with van der Waals surface area (Å²) in [6.45, 7) is 13.1. The van der Waals surface area contributed by atoms with Gasteiger partial charge in [-0.25, -0.2) is 0 Å². The van der Waals surface area contributed by atoms with Crippen molar-refractivity contribution >= 4 is 5.91 Å². The number of carbonyl (C=O) groups is 1. The molecule has 164 valence electrons. The summed E-state index contributed by atoms with van der Waals surface area (Å²) in [5, 5.41) is 0. The lowest BCUT2D eigenvalue weighted by atomic mass is 9.69. The van der Waals surface area contributed by atoms with Crippen molar-refractivity contribution in [1.82, 2.24) is 4.90 Å². The van der Waals surface area contributed by atoms with Crippen LogP contribution in [-0.4, -0.2) is 37.2 Å². The SMILES string of the molecule is COc1ccc(CN(CCC2(CCC(C)C)CCOC(C(C)C)C2)C(C)=O)cc1. The highest BCUT2D eigenvalue weighted by atomic mass is 16.5. The van der Waals surface area contributed by atoms with E-state index in [-0.39, 0.29) is 11.3 Å². The molecule has 2 rings (SSSR count). The Kier molecular flexibility index (Phi) is 9.01. The molecule has 2 atom stereocenters. The predicted molar refractivity (Wildman–Crippen MR) is 119 cm³/mol. The first-order chi connectivity index (χ1) is 13.7. The lowest BCUT2D eigenvalue weighted by Gasteiger charge is -2.44. The average Bonchev–Trinajstić information content (AvgIpc) is 2.70. The first kappa shape index (κ1) is 23.7. The zero-order valence-electron chi connectivity index (χ0n) is 19.4. The zero-order valence-corrected chi connectivity index (χ0v) is 19.4. The summed E-state index contributed by atoms with van der Waals surface area (Å²) in [6, 6.07) is 8.02. The van der Waals surface area contributed by atoms with E-state index in [2.05, 4.69) is 27.7 Å². The lowest BCUT2D eigenvalue weighted by Crippen LogP contribution is -2.41. The van der Waals surface area contributed by atoms with Crippen LogP contribution < -0.4 is 4.74 Å². The van der Waals surface area contributed by atoms with Crippen molar-refractivity contribution in [1.29, 1.82) is 0 Å². The summed E-state index contributed by atoms with van der Waals surface area (Å²) < 4.78 is 11.3. The van der Waals surface area contributed by atoms with Crippen molar-refractivity contribution in [3.8, 4) is 5.75 Å². The Balaban J connectivity index is 2.07. The summed E-state index contributed by atoms with van der Waals surface area (Å²) in [6.07, 6.45) is 6.09. The number of methoxy groups -OCH3 is 1. The Morgan fingerprint density at radius 2 is 1.90 bits per heavy atom. The highest BCUT2D eigenvalue weighted by Crippen LogP contribution is 2.43. The molecule has 0 spiro atoms. The Bertz CT molecular complexity index is 625. The van der Waals surface area contributed by atoms with Gasteiger partial charge in [0, 0.05) is 26.6 Å². The third kappa shape index (κ3) is 7.33. The van der Waals surface area contributed by atoms with Gasteiger partial charge in [-0.05, 0) is 60.6 Å². The third-order valence-corrected chi connectivity index (χ3v) is 6.48. The molecule has 29 heavy (non-hydrogen) atoms. The van der Waals surface area contributed by atoms with Gasteiger partial charge in [0.25, 0.3) is 0 Å². The number of ether oxygens (including phenoxy) is 2. The first-order valence-electron chi connectivity index (χ1n) is 11.2. The topological polar surface area (TPSA) is 38.8 Å². The number of amides is 1. The number of rotatable bonds is 10. The number of carbonyl (C=O) groups excluding carboxylic acids is 1.